The average molecular weight is 644 g/mol. The minimum atomic E-state index is -0.876. The number of nitrogens with two attached hydrogens (primary N) is 2. The first kappa shape index (κ1) is 34.8. The van der Waals surface area contributed by atoms with Gasteiger partial charge in [-0.05, 0) is 81.0 Å². The first-order chi connectivity index (χ1) is 19.4. The van der Waals surface area contributed by atoms with Gasteiger partial charge in [0, 0.05) is 45.3 Å². The van der Waals surface area contributed by atoms with Gasteiger partial charge in [-0.2, -0.15) is 4.39 Å². The molecule has 3 fully saturated rings. The van der Waals surface area contributed by atoms with Crippen molar-refractivity contribution in [1.29, 1.82) is 0 Å². The topological polar surface area (TPSA) is 162 Å². The van der Waals surface area contributed by atoms with Crippen molar-refractivity contribution >= 4 is 63.2 Å². The lowest BCUT2D eigenvalue weighted by Crippen LogP contribution is -2.03. The normalized spacial score (nSPS) is 14.7. The van der Waals surface area contributed by atoms with Crippen molar-refractivity contribution in [2.24, 2.45) is 5.73 Å². The molecule has 0 heterocycles. The molecule has 228 valence electrons. The Morgan fingerprint density at radius 1 is 0.714 bits per heavy atom. The maximum Gasteiger partial charge on any atom is 0.306 e. The quantitative estimate of drug-likeness (QED) is 0.118. The van der Waals surface area contributed by atoms with Gasteiger partial charge in [-0.25, -0.2) is 0 Å². The number of anilines is 3. The van der Waals surface area contributed by atoms with E-state index in [-0.39, 0.29) is 18.1 Å². The Labute approximate surface area is 258 Å². The molecule has 10 nitrogen and oxygen atoms in total. The fourth-order valence-corrected chi connectivity index (χ4v) is 3.57. The van der Waals surface area contributed by atoms with E-state index in [0.29, 0.717) is 33.9 Å². The Bertz CT molecular complexity index is 1370. The van der Waals surface area contributed by atoms with Crippen LogP contribution in [0.15, 0.2) is 54.6 Å². The predicted octanol–water partition coefficient (Wildman–Crippen LogP) is 8.45. The molecule has 3 aliphatic rings. The highest BCUT2D eigenvalue weighted by atomic mass is 35.5. The summed E-state index contributed by atoms with van der Waals surface area (Å²) in [5, 5.41) is 28.4. The molecule has 3 aromatic rings. The van der Waals surface area contributed by atoms with Crippen LogP contribution in [-0.2, 0) is 0 Å². The zero-order valence-electron chi connectivity index (χ0n) is 21.9. The van der Waals surface area contributed by atoms with Crippen LogP contribution in [0, 0.1) is 26.0 Å². The Morgan fingerprint density at radius 2 is 1.12 bits per heavy atom. The molecule has 0 amide bonds. The number of nitro benzene ring substituents is 2. The Morgan fingerprint density at radius 3 is 1.52 bits per heavy atom. The van der Waals surface area contributed by atoms with Crippen LogP contribution in [0.25, 0.3) is 0 Å². The van der Waals surface area contributed by atoms with Crippen LogP contribution in [0.1, 0.15) is 46.0 Å². The highest BCUT2D eigenvalue weighted by Crippen LogP contribution is 2.32. The zero-order chi connectivity index (χ0) is 30.1. The molecule has 3 aliphatic carbocycles. The number of rotatable bonds is 6. The molecule has 0 bridgehead atoms. The van der Waals surface area contributed by atoms with Crippen molar-refractivity contribution in [2.75, 3.05) is 16.4 Å². The average Bonchev–Trinajstić information content (AvgIpc) is 3.75. The molecular formula is C28H34Cl3FN6O4. The molecule has 0 aromatic heterocycles. The summed E-state index contributed by atoms with van der Waals surface area (Å²) in [6, 6.07) is 15.0. The van der Waals surface area contributed by atoms with Crippen LogP contribution in [-0.4, -0.2) is 28.0 Å². The second-order valence-electron chi connectivity index (χ2n) is 9.68. The van der Waals surface area contributed by atoms with Crippen molar-refractivity contribution in [3.63, 3.8) is 0 Å². The van der Waals surface area contributed by atoms with E-state index in [9.17, 15) is 24.6 Å². The van der Waals surface area contributed by atoms with Gasteiger partial charge in [0.15, 0.2) is 0 Å². The Kier molecular flexibility index (Phi) is 13.5. The highest BCUT2D eigenvalue weighted by Gasteiger charge is 2.24. The van der Waals surface area contributed by atoms with Crippen LogP contribution in [0.4, 0.5) is 32.8 Å². The van der Waals surface area contributed by atoms with Gasteiger partial charge in [-0.3, -0.25) is 20.2 Å². The SMILES string of the molecule is C.NC1CC1.Nc1cc(Cl)ccc1NC1CC1.O=[N+]([O-])c1cc(Cl)ccc1F.O=[N+]([O-])c1cc(Cl)ccc1NC1CC1. The molecule has 0 atom stereocenters. The van der Waals surface area contributed by atoms with Gasteiger partial charge in [0.25, 0.3) is 5.69 Å². The summed E-state index contributed by atoms with van der Waals surface area (Å²) in [6.07, 6.45) is 7.20. The van der Waals surface area contributed by atoms with Crippen LogP contribution in [0.2, 0.25) is 15.1 Å². The number of hydrogen-bond acceptors (Lipinski definition) is 8. The van der Waals surface area contributed by atoms with Gasteiger partial charge >= 0.3 is 5.69 Å². The van der Waals surface area contributed by atoms with Crippen LogP contribution >= 0.6 is 34.8 Å². The van der Waals surface area contributed by atoms with E-state index in [2.05, 4.69) is 10.6 Å². The van der Waals surface area contributed by atoms with Crippen molar-refractivity contribution in [1.82, 2.24) is 0 Å². The first-order valence-corrected chi connectivity index (χ1v) is 13.9. The van der Waals surface area contributed by atoms with E-state index in [1.807, 2.05) is 12.1 Å². The summed E-state index contributed by atoms with van der Waals surface area (Å²) in [6.45, 7) is 0. The summed E-state index contributed by atoms with van der Waals surface area (Å²) in [5.74, 6) is -0.876. The third-order valence-electron chi connectivity index (χ3n) is 5.77. The highest BCUT2D eigenvalue weighted by molar-refractivity contribution is 6.31. The summed E-state index contributed by atoms with van der Waals surface area (Å²) >= 11 is 16.8. The smallest absolute Gasteiger partial charge is 0.306 e. The van der Waals surface area contributed by atoms with Gasteiger partial charge in [0.1, 0.15) is 5.69 Å². The number of benzene rings is 3. The van der Waals surface area contributed by atoms with Gasteiger partial charge in [0.05, 0.1) is 21.2 Å². The summed E-state index contributed by atoms with van der Waals surface area (Å²) in [5.41, 5.74) is 12.7. The summed E-state index contributed by atoms with van der Waals surface area (Å²) < 4.78 is 12.5. The molecule has 6 rings (SSSR count). The van der Waals surface area contributed by atoms with Crippen LogP contribution < -0.4 is 22.1 Å². The minimum absolute atomic E-state index is 0. The summed E-state index contributed by atoms with van der Waals surface area (Å²) in [7, 11) is 0. The maximum absolute atomic E-state index is 12.5. The number of halogens is 4. The standard InChI is InChI=1S/C9H9ClN2O2.C9H11ClN2.C6H3ClFNO2.C3H7N.CH4/c10-6-1-4-8(11-7-2-3-7)9(5-6)12(13)14;10-6-1-4-9(8(11)5-6)12-7-2-3-7;7-4-1-2-5(8)6(3-4)9(10)11;4-3-1-2-3;/h1,4-5,7,11H,2-3H2;1,4-5,7,12H,2-3,11H2;1-3H;3H,1-2,4H2;1H4. The summed E-state index contributed by atoms with van der Waals surface area (Å²) in [4.78, 5) is 19.5. The van der Waals surface area contributed by atoms with E-state index in [1.165, 1.54) is 37.8 Å². The molecule has 0 spiro atoms. The number of nitrogens with zero attached hydrogens (tertiary/aromatic N) is 2. The van der Waals surface area contributed by atoms with Gasteiger partial charge in [-0.1, -0.05) is 42.2 Å². The molecule has 3 aromatic carbocycles. The van der Waals surface area contributed by atoms with E-state index in [4.69, 9.17) is 46.3 Å². The lowest BCUT2D eigenvalue weighted by atomic mass is 10.2. The Balaban J connectivity index is 0.000000205. The van der Waals surface area contributed by atoms with Crippen molar-refractivity contribution in [2.45, 2.75) is 64.1 Å². The Hall–Kier alpha value is -3.38. The van der Waals surface area contributed by atoms with Crippen molar-refractivity contribution in [3.05, 3.63) is 95.7 Å². The van der Waals surface area contributed by atoms with Crippen LogP contribution in [0.3, 0.4) is 0 Å². The zero-order valence-corrected chi connectivity index (χ0v) is 24.1. The van der Waals surface area contributed by atoms with Gasteiger partial charge in [-0.15, -0.1) is 0 Å². The number of nitrogens with one attached hydrogen (secondary N) is 2. The van der Waals surface area contributed by atoms with Gasteiger partial charge < -0.3 is 22.1 Å². The van der Waals surface area contributed by atoms with E-state index >= 15 is 0 Å². The molecule has 0 saturated heterocycles. The van der Waals surface area contributed by atoms with E-state index < -0.39 is 21.4 Å². The van der Waals surface area contributed by atoms with Crippen molar-refractivity contribution < 1.29 is 14.2 Å². The number of nitro groups is 2. The van der Waals surface area contributed by atoms with Crippen LogP contribution in [0.5, 0.6) is 0 Å². The molecule has 42 heavy (non-hydrogen) atoms. The monoisotopic (exact) mass is 642 g/mol. The number of hydrogen-bond donors (Lipinski definition) is 4. The second kappa shape index (κ2) is 16.3. The third kappa shape index (κ3) is 12.6. The number of nitrogen functional groups attached to an aromatic ring is 1. The van der Waals surface area contributed by atoms with Crippen molar-refractivity contribution in [3.8, 4) is 0 Å². The molecule has 14 heteroatoms. The fraction of sp³-hybridized carbons (Fsp3) is 0.357. The molecule has 0 unspecified atom stereocenters. The molecule has 3 saturated carbocycles. The third-order valence-corrected chi connectivity index (χ3v) is 6.48. The molecule has 0 radical (unpaired) electrons. The lowest BCUT2D eigenvalue weighted by Gasteiger charge is -2.07. The largest absolute Gasteiger partial charge is 0.397 e. The first-order valence-electron chi connectivity index (χ1n) is 12.8. The fourth-order valence-electron chi connectivity index (χ4n) is 3.06. The van der Waals surface area contributed by atoms with E-state index in [1.54, 1.807) is 18.2 Å². The minimum Gasteiger partial charge on any atom is -0.397 e. The van der Waals surface area contributed by atoms with E-state index in [0.717, 1.165) is 36.3 Å². The molecular weight excluding hydrogens is 610 g/mol. The molecule has 6 N–H and O–H groups in total. The predicted molar refractivity (Wildman–Crippen MR) is 169 cm³/mol. The lowest BCUT2D eigenvalue weighted by molar-refractivity contribution is -0.387. The molecule has 0 aliphatic heterocycles. The van der Waals surface area contributed by atoms with Gasteiger partial charge in [0.2, 0.25) is 5.82 Å². The maximum atomic E-state index is 12.5. The second-order valence-corrected chi connectivity index (χ2v) is 11.0.